The van der Waals surface area contributed by atoms with E-state index in [1.807, 2.05) is 0 Å². The highest BCUT2D eigenvalue weighted by molar-refractivity contribution is 5.89. The zero-order chi connectivity index (χ0) is 20.5. The molecule has 0 fully saturated rings. The number of anilines is 2. The molecule has 8 N–H and O–H groups in total. The van der Waals surface area contributed by atoms with Crippen LogP contribution in [0.1, 0.15) is 0 Å². The van der Waals surface area contributed by atoms with Crippen molar-refractivity contribution in [3.8, 4) is 0 Å². The van der Waals surface area contributed by atoms with E-state index in [1.165, 1.54) is 25.3 Å². The van der Waals surface area contributed by atoms with Crippen molar-refractivity contribution in [1.82, 2.24) is 39.9 Å². The van der Waals surface area contributed by atoms with E-state index in [1.54, 1.807) is 0 Å². The van der Waals surface area contributed by atoms with Crippen molar-refractivity contribution in [1.29, 1.82) is 0 Å². The molecule has 0 aromatic carbocycles. The Labute approximate surface area is 155 Å². The van der Waals surface area contributed by atoms with Gasteiger partial charge in [0.05, 0.1) is 12.7 Å². The van der Waals surface area contributed by atoms with Gasteiger partial charge in [-0.1, -0.05) is 0 Å². The van der Waals surface area contributed by atoms with Crippen molar-refractivity contribution < 1.29 is 19.8 Å². The molecule has 0 saturated heterocycles. The minimum atomic E-state index is -1.26. The predicted molar refractivity (Wildman–Crippen MR) is 96.6 cm³/mol. The van der Waals surface area contributed by atoms with Gasteiger partial charge >= 0.3 is 11.9 Å². The number of hydrogen-bond acceptors (Lipinski definition) is 10. The summed E-state index contributed by atoms with van der Waals surface area (Å²) in [4.78, 5) is 47.8. The molecule has 4 aromatic rings. The first-order chi connectivity index (χ1) is 13.4. The van der Waals surface area contributed by atoms with Gasteiger partial charge in [0.15, 0.2) is 22.9 Å². The number of carboxylic acids is 2. The van der Waals surface area contributed by atoms with E-state index in [-0.39, 0.29) is 0 Å². The van der Waals surface area contributed by atoms with Gasteiger partial charge in [-0.25, -0.2) is 39.5 Å². The van der Waals surface area contributed by atoms with Crippen LogP contribution in [0.4, 0.5) is 11.6 Å². The summed E-state index contributed by atoms with van der Waals surface area (Å²) in [6, 6.07) is 0. The van der Waals surface area contributed by atoms with Gasteiger partial charge in [0.1, 0.15) is 23.7 Å². The molecular weight excluding hydrogens is 372 g/mol. The Morgan fingerprint density at radius 1 is 0.750 bits per heavy atom. The Morgan fingerprint density at radius 3 is 1.46 bits per heavy atom. The van der Waals surface area contributed by atoms with Crippen LogP contribution in [0.15, 0.2) is 37.5 Å². The number of nitrogens with two attached hydrogens (primary N) is 2. The quantitative estimate of drug-likeness (QED) is 0.241. The first kappa shape index (κ1) is 19.7. The SMILES string of the molecule is Nc1ncnc2nc[nH]c12.Nc1ncnc2nc[nH]c12.O=C(O)/C=C/C(=O)O. The molecule has 4 rings (SSSR count). The fourth-order valence-electron chi connectivity index (χ4n) is 1.71. The van der Waals surface area contributed by atoms with E-state index < -0.39 is 11.9 Å². The van der Waals surface area contributed by atoms with Gasteiger partial charge in [0, 0.05) is 12.2 Å². The molecule has 0 aliphatic rings. The number of hydrogen-bond donors (Lipinski definition) is 6. The second-order valence-electron chi connectivity index (χ2n) is 4.73. The minimum absolute atomic E-state index is 0.433. The summed E-state index contributed by atoms with van der Waals surface area (Å²) in [6.07, 6.45) is 6.97. The third kappa shape index (κ3) is 5.45. The molecule has 0 aliphatic carbocycles. The van der Waals surface area contributed by atoms with Crippen LogP contribution in [0.3, 0.4) is 0 Å². The van der Waals surface area contributed by atoms with Gasteiger partial charge in [-0.2, -0.15) is 0 Å². The van der Waals surface area contributed by atoms with Crippen LogP contribution in [0, 0.1) is 0 Å². The number of carbonyl (C=O) groups is 2. The number of fused-ring (bicyclic) bond motifs is 2. The lowest BCUT2D eigenvalue weighted by molar-refractivity contribution is -0.134. The molecular formula is C14H14N10O4. The van der Waals surface area contributed by atoms with E-state index in [0.717, 1.165) is 0 Å². The number of imidazole rings is 2. The Hall–Kier alpha value is -4.62. The van der Waals surface area contributed by atoms with Gasteiger partial charge in [0.25, 0.3) is 0 Å². The van der Waals surface area contributed by atoms with E-state index in [0.29, 0.717) is 46.1 Å². The molecule has 0 bridgehead atoms. The number of nitrogens with zero attached hydrogens (tertiary/aromatic N) is 6. The maximum atomic E-state index is 9.55. The summed E-state index contributed by atoms with van der Waals surface area (Å²) in [5.41, 5.74) is 13.6. The molecule has 144 valence electrons. The van der Waals surface area contributed by atoms with Crippen LogP contribution in [0.5, 0.6) is 0 Å². The monoisotopic (exact) mass is 386 g/mol. The Bertz CT molecular complexity index is 1030. The zero-order valence-electron chi connectivity index (χ0n) is 14.0. The highest BCUT2D eigenvalue weighted by Crippen LogP contribution is 2.09. The van der Waals surface area contributed by atoms with Gasteiger partial charge < -0.3 is 31.6 Å². The van der Waals surface area contributed by atoms with Crippen LogP contribution < -0.4 is 11.5 Å². The van der Waals surface area contributed by atoms with E-state index >= 15 is 0 Å². The van der Waals surface area contributed by atoms with E-state index in [4.69, 9.17) is 21.7 Å². The third-order valence-corrected chi connectivity index (χ3v) is 2.87. The second kappa shape index (κ2) is 9.18. The first-order valence-corrected chi connectivity index (χ1v) is 7.31. The van der Waals surface area contributed by atoms with E-state index in [9.17, 15) is 9.59 Å². The number of aliphatic carboxylic acids is 2. The van der Waals surface area contributed by atoms with Gasteiger partial charge in [-0.05, 0) is 0 Å². The maximum absolute atomic E-state index is 9.55. The lowest BCUT2D eigenvalue weighted by Gasteiger charge is -1.89. The Kier molecular flexibility index (Phi) is 6.46. The molecule has 0 radical (unpaired) electrons. The van der Waals surface area contributed by atoms with E-state index in [2.05, 4.69) is 39.9 Å². The largest absolute Gasteiger partial charge is 0.478 e. The molecule has 28 heavy (non-hydrogen) atoms. The number of rotatable bonds is 2. The van der Waals surface area contributed by atoms with Crippen molar-refractivity contribution in [3.63, 3.8) is 0 Å². The average Bonchev–Trinajstić information content (AvgIpc) is 3.31. The fourth-order valence-corrected chi connectivity index (χ4v) is 1.71. The number of carboxylic acid groups (broad SMARTS) is 2. The number of nitrogen functional groups attached to an aromatic ring is 2. The average molecular weight is 386 g/mol. The molecule has 4 aromatic heterocycles. The topological polar surface area (TPSA) is 236 Å². The summed E-state index contributed by atoms with van der Waals surface area (Å²) in [6.45, 7) is 0. The molecule has 0 amide bonds. The number of aromatic nitrogens is 8. The van der Waals surface area contributed by atoms with Crippen molar-refractivity contribution in [2.24, 2.45) is 0 Å². The number of nitrogens with one attached hydrogen (secondary N) is 2. The lowest BCUT2D eigenvalue weighted by Crippen LogP contribution is -1.91. The molecule has 0 aliphatic heterocycles. The van der Waals surface area contributed by atoms with Gasteiger partial charge in [0.2, 0.25) is 0 Å². The Balaban J connectivity index is 0.000000152. The van der Waals surface area contributed by atoms with Crippen LogP contribution in [0.2, 0.25) is 0 Å². The van der Waals surface area contributed by atoms with Crippen LogP contribution in [-0.2, 0) is 9.59 Å². The van der Waals surface area contributed by atoms with Crippen molar-refractivity contribution in [2.75, 3.05) is 11.5 Å². The standard InChI is InChI=1S/2C5H5N5.C4H4O4/c2*6-4-3-5(9-1-7-3)10-2-8-4;5-3(6)1-2-4(7)8/h2*1-2H,(H3,6,7,8,9,10);1-2H,(H,5,6)(H,7,8)/b;;2-1+. The Morgan fingerprint density at radius 2 is 1.14 bits per heavy atom. The zero-order valence-corrected chi connectivity index (χ0v) is 14.0. The molecule has 0 spiro atoms. The van der Waals surface area contributed by atoms with Crippen LogP contribution in [-0.4, -0.2) is 62.0 Å². The summed E-state index contributed by atoms with van der Waals surface area (Å²) >= 11 is 0. The highest BCUT2D eigenvalue weighted by Gasteiger charge is 2.00. The van der Waals surface area contributed by atoms with Gasteiger partial charge in [-0.15, -0.1) is 0 Å². The third-order valence-electron chi connectivity index (χ3n) is 2.87. The molecule has 14 heteroatoms. The van der Waals surface area contributed by atoms with Gasteiger partial charge in [-0.3, -0.25) is 0 Å². The number of H-pyrrole nitrogens is 2. The minimum Gasteiger partial charge on any atom is -0.478 e. The summed E-state index contributed by atoms with van der Waals surface area (Å²) < 4.78 is 0. The van der Waals surface area contributed by atoms with Crippen LogP contribution >= 0.6 is 0 Å². The van der Waals surface area contributed by atoms with Crippen molar-refractivity contribution in [3.05, 3.63) is 37.5 Å². The number of aromatic amines is 2. The van der Waals surface area contributed by atoms with Crippen molar-refractivity contribution >= 4 is 45.9 Å². The molecule has 14 nitrogen and oxygen atoms in total. The molecule has 0 unspecified atom stereocenters. The summed E-state index contributed by atoms with van der Waals surface area (Å²) in [7, 11) is 0. The van der Waals surface area contributed by atoms with Crippen LogP contribution in [0.25, 0.3) is 22.3 Å². The first-order valence-electron chi connectivity index (χ1n) is 7.31. The molecule has 0 atom stereocenters. The molecule has 4 heterocycles. The highest BCUT2D eigenvalue weighted by atomic mass is 16.4. The molecule has 0 saturated carbocycles. The normalized spacial score (nSPS) is 10.1. The smallest absolute Gasteiger partial charge is 0.328 e. The second-order valence-corrected chi connectivity index (χ2v) is 4.73. The summed E-state index contributed by atoms with van der Waals surface area (Å²) in [5, 5.41) is 15.6. The summed E-state index contributed by atoms with van der Waals surface area (Å²) in [5.74, 6) is -1.65. The lowest BCUT2D eigenvalue weighted by atomic mass is 10.5. The van der Waals surface area contributed by atoms with Crippen molar-refractivity contribution in [2.45, 2.75) is 0 Å². The predicted octanol–water partition coefficient (Wildman–Crippen LogP) is -0.418. The fraction of sp³-hybridized carbons (Fsp3) is 0. The maximum Gasteiger partial charge on any atom is 0.328 e.